The van der Waals surface area contributed by atoms with E-state index in [9.17, 15) is 0 Å². The van der Waals surface area contributed by atoms with Crippen LogP contribution in [-0.4, -0.2) is 72.4 Å². The molecule has 0 saturated carbocycles. The van der Waals surface area contributed by atoms with Crippen molar-refractivity contribution in [1.29, 1.82) is 0 Å². The smallest absolute Gasteiger partial charge is 0.326 e. The van der Waals surface area contributed by atoms with E-state index < -0.39 is 14.2 Å². The Morgan fingerprint density at radius 2 is 0.412 bits per heavy atom. The van der Waals surface area contributed by atoms with Gasteiger partial charge in [-0.1, -0.05) is 0 Å². The van der Waals surface area contributed by atoms with Crippen LogP contribution in [0.4, 0.5) is 0 Å². The number of hydrogen-bond donors (Lipinski definition) is 0. The van der Waals surface area contributed by atoms with E-state index in [0.717, 1.165) is 68.3 Å². The minimum atomic E-state index is -1.26. The van der Waals surface area contributed by atoms with Gasteiger partial charge in [0.25, 0.3) is 0 Å². The Morgan fingerprint density at radius 1 is 0.294 bits per heavy atom. The average Bonchev–Trinajstić information content (AvgIpc) is 3.74. The number of aryl methyl sites for hydroxylation is 12. The Morgan fingerprint density at radius 3 is 0.490 bits per heavy atom. The Labute approximate surface area is 328 Å². The Bertz CT molecular complexity index is 1600. The van der Waals surface area contributed by atoms with Gasteiger partial charge < -0.3 is 54.9 Å². The van der Waals surface area contributed by atoms with Crippen LogP contribution in [0.5, 0.6) is 0 Å². The second-order valence-electron chi connectivity index (χ2n) is 12.4. The molecule has 284 valence electrons. The van der Waals surface area contributed by atoms with E-state index >= 15 is 0 Å². The predicted molar refractivity (Wildman–Crippen MR) is 180 cm³/mol. The Balaban J connectivity index is -0.000000794. The van der Waals surface area contributed by atoms with Gasteiger partial charge in [0.15, 0.2) is 0 Å². The van der Waals surface area contributed by atoms with E-state index in [0.29, 0.717) is 0 Å². The van der Waals surface area contributed by atoms with Crippen molar-refractivity contribution in [1.82, 2.24) is 58.1 Å². The van der Waals surface area contributed by atoms with Crippen molar-refractivity contribution in [3.05, 3.63) is 105 Å². The number of rotatable bonds is 6. The van der Waals surface area contributed by atoms with Gasteiger partial charge in [-0.25, -0.2) is 30.6 Å². The van der Waals surface area contributed by atoms with Crippen LogP contribution >= 0.6 is 0 Å². The maximum atomic E-state index is 4.70. The molecule has 0 aromatic carbocycles. The fourth-order valence-corrected chi connectivity index (χ4v) is 6.53. The molecule has 21 heteroatoms. The fraction of sp³-hybridized carbons (Fsp3) is 0.400. The van der Waals surface area contributed by atoms with Crippen molar-refractivity contribution in [2.45, 2.75) is 83.1 Å². The second kappa shape index (κ2) is 20.6. The molecule has 0 aliphatic carbocycles. The molecule has 17 nitrogen and oxygen atoms in total. The zero-order valence-corrected chi connectivity index (χ0v) is 37.0. The van der Waals surface area contributed by atoms with Crippen LogP contribution in [0.25, 0.3) is 0 Å². The zero-order chi connectivity index (χ0) is 32.0. The third-order valence-corrected chi connectivity index (χ3v) is 8.23. The van der Waals surface area contributed by atoms with Crippen molar-refractivity contribution in [3.63, 3.8) is 0 Å². The molecule has 6 aromatic rings. The average molecular weight is 1040 g/mol. The van der Waals surface area contributed by atoms with Gasteiger partial charge in [0.05, 0.1) is 34.2 Å². The molecular weight excluding hydrogens is 998 g/mol. The SMILES string of the molecule is Cc1cc(C)n([BH-](n2nc(C)cc2C)n2nc(C)cc2C)n1.Cc1cc(C)n([BH-](n2nc(C)cc2C)n2nc(C)cc2C)n1.[O-2].[O-2].[O-2].[O-2].[O-2].[W].[W]. The van der Waals surface area contributed by atoms with Gasteiger partial charge in [-0.15, -0.1) is 0 Å². The van der Waals surface area contributed by atoms with Crippen molar-refractivity contribution in [2.24, 2.45) is 0 Å². The maximum absolute atomic E-state index is 4.70. The largest absolute Gasteiger partial charge is 2.00 e. The van der Waals surface area contributed by atoms with Gasteiger partial charge in [-0.2, -0.15) is 0 Å². The van der Waals surface area contributed by atoms with E-state index in [4.69, 9.17) is 30.6 Å². The first-order valence-electron chi connectivity index (χ1n) is 15.2. The molecule has 0 bridgehead atoms. The van der Waals surface area contributed by atoms with Gasteiger partial charge in [0.1, 0.15) is 0 Å². The van der Waals surface area contributed by atoms with Crippen molar-refractivity contribution in [3.8, 4) is 0 Å². The first-order chi connectivity index (χ1) is 20.7. The molecule has 0 aliphatic rings. The fourth-order valence-electron chi connectivity index (χ4n) is 6.53. The van der Waals surface area contributed by atoms with Crippen LogP contribution < -0.4 is 0 Å². The zero-order valence-electron chi connectivity index (χ0n) is 31.1. The van der Waals surface area contributed by atoms with Gasteiger partial charge >= 0.3 is 14.2 Å². The van der Waals surface area contributed by atoms with Crippen molar-refractivity contribution >= 4 is 14.2 Å². The van der Waals surface area contributed by atoms with Crippen LogP contribution in [0, 0.1) is 83.1 Å². The second-order valence-corrected chi connectivity index (χ2v) is 12.4. The normalized spacial score (nSPS) is 10.0. The molecule has 0 saturated heterocycles. The number of nitrogens with zero attached hydrogens (tertiary/aromatic N) is 12. The topological polar surface area (TPSA) is 249 Å². The van der Waals surface area contributed by atoms with E-state index in [1.165, 1.54) is 0 Å². The molecule has 0 atom stereocenters. The molecule has 0 fully saturated rings. The predicted octanol–water partition coefficient (Wildman–Crippen LogP) is 2.98. The van der Waals surface area contributed by atoms with E-state index in [-0.39, 0.29) is 69.5 Å². The van der Waals surface area contributed by atoms with E-state index in [2.05, 4.69) is 105 Å². The summed E-state index contributed by atoms with van der Waals surface area (Å²) in [5.74, 6) is 0. The van der Waals surface area contributed by atoms with Crippen LogP contribution in [0.1, 0.15) is 68.3 Å². The first kappa shape index (κ1) is 51.9. The van der Waals surface area contributed by atoms with Crippen LogP contribution in [-0.2, 0) is 69.5 Å². The molecule has 0 N–H and O–H groups in total. The Hall–Kier alpha value is -3.43. The van der Waals surface area contributed by atoms with Crippen LogP contribution in [0.15, 0.2) is 36.4 Å². The van der Waals surface area contributed by atoms with Gasteiger partial charge in [-0.05, 0) is 154 Å². The van der Waals surface area contributed by atoms with Gasteiger partial charge in [0, 0.05) is 42.1 Å². The maximum Gasteiger partial charge on any atom is 0.326 e. The summed E-state index contributed by atoms with van der Waals surface area (Å²) < 4.78 is 12.4. The molecule has 0 amide bonds. The molecule has 0 unspecified atom stereocenters. The molecule has 51 heavy (non-hydrogen) atoms. The number of hydrogen-bond acceptors (Lipinski definition) is 6. The summed E-state index contributed by atoms with van der Waals surface area (Å²) in [5, 5.41) is 28.2. The Kier molecular flexibility index (Phi) is 20.9. The summed E-state index contributed by atoms with van der Waals surface area (Å²) in [6, 6.07) is 12.6. The molecule has 6 heterocycles. The van der Waals surface area contributed by atoms with Crippen LogP contribution in [0.3, 0.4) is 0 Å². The quantitative estimate of drug-likeness (QED) is 0.227. The molecule has 0 spiro atoms. The standard InChI is InChI=1S/2C15H22BN6.5O.2W/c2*1-10-7-13(4)20(17-10)16(21-14(5)8-11(2)18-21)22-15(6)9-12(3)19-22;;;;;;;/h2*7-9,16H,1-6H3;;;;;;;/q2*-1;5*-2;;. The number of aromatic nitrogens is 12. The first-order valence-corrected chi connectivity index (χ1v) is 15.2. The summed E-state index contributed by atoms with van der Waals surface area (Å²) >= 11 is 0. The third kappa shape index (κ3) is 10.8. The molecule has 6 rings (SSSR count). The molecule has 0 aliphatic heterocycles. The van der Waals surface area contributed by atoms with Crippen molar-refractivity contribution in [2.75, 3.05) is 0 Å². The summed E-state index contributed by atoms with van der Waals surface area (Å²) in [4.78, 5) is 0. The van der Waals surface area contributed by atoms with E-state index in [1.807, 2.05) is 41.5 Å². The summed E-state index contributed by atoms with van der Waals surface area (Å²) in [6.45, 7) is 24.6. The summed E-state index contributed by atoms with van der Waals surface area (Å²) in [6.07, 6.45) is 0. The van der Waals surface area contributed by atoms with Crippen LogP contribution in [0.2, 0.25) is 0 Å². The molecule has 0 radical (unpaired) electrons. The molecular formula is C30H44B2N12O5W2-12. The third-order valence-electron chi connectivity index (χ3n) is 8.23. The van der Waals surface area contributed by atoms with Gasteiger partial charge in [0.2, 0.25) is 0 Å². The van der Waals surface area contributed by atoms with E-state index in [1.54, 1.807) is 0 Å². The summed E-state index contributed by atoms with van der Waals surface area (Å²) in [5.41, 5.74) is 12.8. The van der Waals surface area contributed by atoms with Gasteiger partial charge in [-0.3, -0.25) is 0 Å². The monoisotopic (exact) mass is 1040 g/mol. The van der Waals surface area contributed by atoms with Crippen molar-refractivity contribution < 1.29 is 69.5 Å². The minimum absolute atomic E-state index is 0. The molecule has 6 aromatic heterocycles. The summed E-state index contributed by atoms with van der Waals surface area (Å²) in [7, 11) is -2.52. The minimum Gasteiger partial charge on any atom is -2.00 e.